The summed E-state index contributed by atoms with van der Waals surface area (Å²) in [5.74, 6) is 0. The van der Waals surface area contributed by atoms with Gasteiger partial charge in [0.1, 0.15) is 6.79 Å². The molecule has 0 amide bonds. The van der Waals surface area contributed by atoms with Crippen LogP contribution in [0.5, 0.6) is 0 Å². The second kappa shape index (κ2) is 11.4. The van der Waals surface area contributed by atoms with Gasteiger partial charge in [-0.15, -0.1) is 6.58 Å². The molecule has 0 aliphatic carbocycles. The van der Waals surface area contributed by atoms with Gasteiger partial charge in [-0.2, -0.15) is 0 Å². The summed E-state index contributed by atoms with van der Waals surface area (Å²) in [6.07, 6.45) is 2.96. The van der Waals surface area contributed by atoms with Gasteiger partial charge < -0.3 is 19.0 Å². The van der Waals surface area contributed by atoms with Gasteiger partial charge in [0.05, 0.1) is 12.2 Å². The number of aliphatic hydroxyl groups excluding tert-OH is 1. The third-order valence-corrected chi connectivity index (χ3v) is 10.8. The first-order valence-corrected chi connectivity index (χ1v) is 10.9. The molecule has 23 heavy (non-hydrogen) atoms. The number of rotatable bonds is 13. The van der Waals surface area contributed by atoms with E-state index in [1.807, 2.05) is 6.08 Å². The fourth-order valence-corrected chi connectivity index (χ4v) is 9.25. The molecule has 5 heteroatoms. The van der Waals surface area contributed by atoms with Gasteiger partial charge in [-0.1, -0.05) is 47.6 Å². The molecule has 0 fully saturated rings. The van der Waals surface area contributed by atoms with Crippen LogP contribution in [0.4, 0.5) is 0 Å². The Balaban J connectivity index is 5.38. The van der Waals surface area contributed by atoms with E-state index in [1.165, 1.54) is 0 Å². The smallest absolute Gasteiger partial charge is 0.201 e. The van der Waals surface area contributed by atoms with E-state index < -0.39 is 8.32 Å². The van der Waals surface area contributed by atoms with Gasteiger partial charge in [-0.25, -0.2) is 0 Å². The Hall–Kier alpha value is -0.203. The predicted octanol–water partition coefficient (Wildman–Crippen LogP) is 4.49. The van der Waals surface area contributed by atoms with Crippen LogP contribution < -0.4 is 0 Å². The SMILES string of the molecule is C=C[C@H](O[Si](C(C)C)(C(C)C)C(C)C)[C@H](CCCO)OCOC. The zero-order valence-corrected chi connectivity index (χ0v) is 17.2. The molecule has 0 radical (unpaired) electrons. The molecule has 0 heterocycles. The van der Waals surface area contributed by atoms with Gasteiger partial charge >= 0.3 is 0 Å². The predicted molar refractivity (Wildman–Crippen MR) is 99.2 cm³/mol. The Morgan fingerprint density at radius 1 is 1.04 bits per heavy atom. The van der Waals surface area contributed by atoms with Gasteiger partial charge in [0.2, 0.25) is 8.32 Å². The first-order valence-electron chi connectivity index (χ1n) is 8.79. The van der Waals surface area contributed by atoms with Gasteiger partial charge in [0.15, 0.2) is 0 Å². The topological polar surface area (TPSA) is 47.9 Å². The van der Waals surface area contributed by atoms with E-state index >= 15 is 0 Å². The Kier molecular flexibility index (Phi) is 11.3. The minimum Gasteiger partial charge on any atom is -0.407 e. The highest BCUT2D eigenvalue weighted by Gasteiger charge is 2.47. The molecule has 138 valence electrons. The fraction of sp³-hybridized carbons (Fsp3) is 0.889. The van der Waals surface area contributed by atoms with Crippen molar-refractivity contribution in [1.29, 1.82) is 0 Å². The van der Waals surface area contributed by atoms with Crippen molar-refractivity contribution in [3.63, 3.8) is 0 Å². The Labute approximate surface area is 144 Å². The normalized spacial score (nSPS) is 15.4. The number of methoxy groups -OCH3 is 1. The summed E-state index contributed by atoms with van der Waals surface area (Å²) in [5, 5.41) is 9.15. The average Bonchev–Trinajstić information content (AvgIpc) is 2.48. The highest BCUT2D eigenvalue weighted by Crippen LogP contribution is 2.43. The van der Waals surface area contributed by atoms with Crippen molar-refractivity contribution in [3.05, 3.63) is 12.7 Å². The number of hydrogen-bond acceptors (Lipinski definition) is 4. The molecule has 0 spiro atoms. The molecule has 1 N–H and O–H groups in total. The van der Waals surface area contributed by atoms with E-state index in [1.54, 1.807) is 7.11 Å². The second-order valence-electron chi connectivity index (χ2n) is 7.11. The Morgan fingerprint density at radius 2 is 1.57 bits per heavy atom. The lowest BCUT2D eigenvalue weighted by molar-refractivity contribution is -0.103. The summed E-state index contributed by atoms with van der Waals surface area (Å²) in [4.78, 5) is 0. The van der Waals surface area contributed by atoms with E-state index in [0.29, 0.717) is 23.0 Å². The second-order valence-corrected chi connectivity index (χ2v) is 12.5. The van der Waals surface area contributed by atoms with Gasteiger partial charge in [-0.05, 0) is 29.5 Å². The first kappa shape index (κ1) is 22.8. The maximum absolute atomic E-state index is 9.15. The molecule has 0 aliphatic heterocycles. The fourth-order valence-electron chi connectivity index (χ4n) is 3.71. The summed E-state index contributed by atoms with van der Waals surface area (Å²) in [6.45, 7) is 18.0. The molecule has 0 bridgehead atoms. The van der Waals surface area contributed by atoms with Crippen LogP contribution in [0, 0.1) is 0 Å². The highest BCUT2D eigenvalue weighted by atomic mass is 28.4. The summed E-state index contributed by atoms with van der Waals surface area (Å²) < 4.78 is 17.7. The zero-order valence-electron chi connectivity index (χ0n) is 16.2. The number of hydrogen-bond donors (Lipinski definition) is 1. The van der Waals surface area contributed by atoms with Crippen molar-refractivity contribution >= 4 is 8.32 Å². The van der Waals surface area contributed by atoms with Crippen molar-refractivity contribution in [2.75, 3.05) is 20.5 Å². The van der Waals surface area contributed by atoms with Crippen molar-refractivity contribution in [1.82, 2.24) is 0 Å². The molecule has 0 saturated carbocycles. The van der Waals surface area contributed by atoms with E-state index in [4.69, 9.17) is 19.0 Å². The molecular weight excluding hydrogens is 308 g/mol. The molecule has 4 nitrogen and oxygen atoms in total. The van der Waals surface area contributed by atoms with E-state index in [-0.39, 0.29) is 25.6 Å². The average molecular weight is 347 g/mol. The standard InChI is InChI=1S/C18H38O4Si/c1-9-17(18(11-10-12-19)21-13-20-8)22-23(14(2)3,15(4)5)16(6)7/h9,14-19H,1,10-13H2,2-8H3/t17-,18-/m0/s1. The molecule has 0 aliphatic rings. The summed E-state index contributed by atoms with van der Waals surface area (Å²) in [7, 11) is -0.394. The van der Waals surface area contributed by atoms with Crippen LogP contribution in [0.1, 0.15) is 54.4 Å². The van der Waals surface area contributed by atoms with Crippen LogP contribution in [0.25, 0.3) is 0 Å². The van der Waals surface area contributed by atoms with Crippen LogP contribution in [0.15, 0.2) is 12.7 Å². The lowest BCUT2D eigenvalue weighted by Gasteiger charge is -2.45. The van der Waals surface area contributed by atoms with Gasteiger partial charge in [-0.3, -0.25) is 0 Å². The van der Waals surface area contributed by atoms with Gasteiger partial charge in [0.25, 0.3) is 0 Å². The molecule has 0 aromatic heterocycles. The molecule has 0 unspecified atom stereocenters. The van der Waals surface area contributed by atoms with Crippen LogP contribution in [-0.2, 0) is 13.9 Å². The van der Waals surface area contributed by atoms with Crippen molar-refractivity contribution in [3.8, 4) is 0 Å². The number of ether oxygens (including phenoxy) is 2. The molecule has 0 rings (SSSR count). The van der Waals surface area contributed by atoms with Crippen LogP contribution in [-0.4, -0.2) is 46.1 Å². The molecular formula is C18H38O4Si. The maximum atomic E-state index is 9.15. The third kappa shape index (κ3) is 6.31. The summed E-state index contributed by atoms with van der Waals surface area (Å²) >= 11 is 0. The first-order chi connectivity index (χ1) is 10.8. The summed E-state index contributed by atoms with van der Waals surface area (Å²) in [5.41, 5.74) is 1.52. The Bertz CT molecular complexity index is 288. The van der Waals surface area contributed by atoms with Crippen molar-refractivity contribution in [2.45, 2.75) is 83.2 Å². The minimum atomic E-state index is -2.01. The lowest BCUT2D eigenvalue weighted by Crippen LogP contribution is -2.52. The summed E-state index contributed by atoms with van der Waals surface area (Å²) in [6, 6.07) is 0. The van der Waals surface area contributed by atoms with Crippen LogP contribution >= 0.6 is 0 Å². The zero-order chi connectivity index (χ0) is 18.0. The van der Waals surface area contributed by atoms with Gasteiger partial charge in [0, 0.05) is 13.7 Å². The highest BCUT2D eigenvalue weighted by molar-refractivity contribution is 6.77. The van der Waals surface area contributed by atoms with E-state index in [9.17, 15) is 0 Å². The molecule has 2 atom stereocenters. The quantitative estimate of drug-likeness (QED) is 0.303. The maximum Gasteiger partial charge on any atom is 0.201 e. The van der Waals surface area contributed by atoms with Crippen molar-refractivity contribution in [2.24, 2.45) is 0 Å². The monoisotopic (exact) mass is 346 g/mol. The third-order valence-electron chi connectivity index (χ3n) is 4.69. The minimum absolute atomic E-state index is 0.136. The molecule has 0 saturated heterocycles. The van der Waals surface area contributed by atoms with Crippen LogP contribution in [0.3, 0.4) is 0 Å². The number of aliphatic hydroxyl groups is 1. The van der Waals surface area contributed by atoms with E-state index in [0.717, 1.165) is 6.42 Å². The molecule has 0 aromatic rings. The van der Waals surface area contributed by atoms with Crippen molar-refractivity contribution < 1.29 is 19.0 Å². The lowest BCUT2D eigenvalue weighted by atomic mass is 10.1. The Morgan fingerprint density at radius 3 is 1.91 bits per heavy atom. The largest absolute Gasteiger partial charge is 0.407 e. The van der Waals surface area contributed by atoms with Crippen LogP contribution in [0.2, 0.25) is 16.6 Å². The van der Waals surface area contributed by atoms with E-state index in [2.05, 4.69) is 48.1 Å². The molecule has 0 aromatic carbocycles.